The highest BCUT2D eigenvalue weighted by Gasteiger charge is 2.32. The van der Waals surface area contributed by atoms with Crippen molar-refractivity contribution >= 4 is 39.1 Å². The minimum absolute atomic E-state index is 0.0472. The number of nitrogens with one attached hydrogen (secondary N) is 2. The van der Waals surface area contributed by atoms with Gasteiger partial charge in [0.15, 0.2) is 11.5 Å². The molecule has 4 aromatic heterocycles. The van der Waals surface area contributed by atoms with Gasteiger partial charge in [-0.1, -0.05) is 0 Å². The van der Waals surface area contributed by atoms with Gasteiger partial charge in [-0.2, -0.15) is 5.10 Å². The number of nitrogens with zero attached hydrogens (tertiary/aromatic N) is 2. The van der Waals surface area contributed by atoms with E-state index >= 15 is 0 Å². The van der Waals surface area contributed by atoms with E-state index in [0.717, 1.165) is 24.2 Å². The number of aromatic nitrogens is 3. The average molecular weight is 443 g/mol. The van der Waals surface area contributed by atoms with Crippen molar-refractivity contribution in [1.29, 1.82) is 0 Å². The Morgan fingerprint density at radius 3 is 2.77 bits per heavy atom. The molecule has 0 bridgehead atoms. The van der Waals surface area contributed by atoms with Crippen LogP contribution in [0.1, 0.15) is 56.6 Å². The Balaban J connectivity index is 1.58. The molecule has 31 heavy (non-hydrogen) atoms. The molecule has 0 aromatic carbocycles. The predicted molar refractivity (Wildman–Crippen MR) is 109 cm³/mol. The molecule has 1 fully saturated rings. The number of carbonyl (C=O) groups excluding carboxylic acids is 2. The van der Waals surface area contributed by atoms with Crippen LogP contribution < -0.4 is 11.1 Å². The summed E-state index contributed by atoms with van der Waals surface area (Å²) in [6.45, 7) is 0. The van der Waals surface area contributed by atoms with Gasteiger partial charge in [-0.3, -0.25) is 14.7 Å². The quantitative estimate of drug-likeness (QED) is 0.406. The van der Waals surface area contributed by atoms with Gasteiger partial charge in [-0.25, -0.2) is 13.8 Å². The normalized spacial score (nSPS) is 13.8. The molecule has 0 atom stereocenters. The fraction of sp³-hybridized carbons (Fsp3) is 0.200. The Hall–Kier alpha value is -3.60. The highest BCUT2D eigenvalue weighted by molar-refractivity contribution is 7.21. The van der Waals surface area contributed by atoms with Crippen molar-refractivity contribution in [2.75, 3.05) is 5.32 Å². The first-order valence-corrected chi connectivity index (χ1v) is 10.2. The van der Waals surface area contributed by atoms with Crippen LogP contribution in [0.25, 0.3) is 21.7 Å². The minimum Gasteiger partial charge on any atom is -0.463 e. The van der Waals surface area contributed by atoms with Crippen LogP contribution in [0.5, 0.6) is 0 Å². The SMILES string of the molecule is NC(=O)c1sc2nc(C(F)F)cc(C3CC3)c2c1NC(=O)c1cc(-c2ccco2)[nH]n1. The minimum atomic E-state index is -2.75. The van der Waals surface area contributed by atoms with Crippen LogP contribution in [0, 0.1) is 0 Å². The van der Waals surface area contributed by atoms with Crippen molar-refractivity contribution in [2.45, 2.75) is 25.2 Å². The van der Waals surface area contributed by atoms with Crippen LogP contribution in [0.15, 0.2) is 34.9 Å². The van der Waals surface area contributed by atoms with Gasteiger partial charge < -0.3 is 15.5 Å². The van der Waals surface area contributed by atoms with E-state index in [1.165, 1.54) is 18.4 Å². The second kappa shape index (κ2) is 7.27. The summed E-state index contributed by atoms with van der Waals surface area (Å²) in [5.74, 6) is -0.789. The summed E-state index contributed by atoms with van der Waals surface area (Å²) in [5, 5.41) is 9.87. The smallest absolute Gasteiger partial charge is 0.280 e. The zero-order valence-electron chi connectivity index (χ0n) is 15.8. The summed E-state index contributed by atoms with van der Waals surface area (Å²) < 4.78 is 31.9. The summed E-state index contributed by atoms with van der Waals surface area (Å²) in [6, 6.07) is 6.26. The van der Waals surface area contributed by atoms with Gasteiger partial charge >= 0.3 is 0 Å². The number of alkyl halides is 2. The van der Waals surface area contributed by atoms with E-state index in [-0.39, 0.29) is 32.7 Å². The lowest BCUT2D eigenvalue weighted by Crippen LogP contribution is -2.17. The topological polar surface area (TPSA) is 127 Å². The number of halogens is 2. The molecule has 1 aliphatic rings. The van der Waals surface area contributed by atoms with E-state index in [1.807, 2.05) is 0 Å². The first-order chi connectivity index (χ1) is 14.9. The molecule has 2 amide bonds. The van der Waals surface area contributed by atoms with E-state index in [2.05, 4.69) is 20.5 Å². The van der Waals surface area contributed by atoms with Crippen LogP contribution in [-0.4, -0.2) is 27.0 Å². The lowest BCUT2D eigenvalue weighted by Gasteiger charge is -2.09. The van der Waals surface area contributed by atoms with Crippen LogP contribution in [0.2, 0.25) is 0 Å². The number of furan rings is 1. The maximum absolute atomic E-state index is 13.3. The van der Waals surface area contributed by atoms with E-state index in [0.29, 0.717) is 22.4 Å². The number of H-pyrrole nitrogens is 1. The van der Waals surface area contributed by atoms with Crippen molar-refractivity contribution in [2.24, 2.45) is 5.73 Å². The van der Waals surface area contributed by atoms with Gasteiger partial charge in [0.25, 0.3) is 18.2 Å². The molecule has 0 radical (unpaired) electrons. The van der Waals surface area contributed by atoms with Crippen molar-refractivity contribution in [3.8, 4) is 11.5 Å². The number of primary amides is 1. The fourth-order valence-corrected chi connectivity index (χ4v) is 4.46. The number of rotatable bonds is 6. The third kappa shape index (κ3) is 3.46. The molecule has 0 unspecified atom stereocenters. The summed E-state index contributed by atoms with van der Waals surface area (Å²) in [7, 11) is 0. The Labute approximate surface area is 177 Å². The number of nitrogens with two attached hydrogens (primary N) is 1. The summed E-state index contributed by atoms with van der Waals surface area (Å²) in [4.78, 5) is 29.2. The van der Waals surface area contributed by atoms with Crippen molar-refractivity contribution in [3.63, 3.8) is 0 Å². The van der Waals surface area contributed by atoms with E-state index in [9.17, 15) is 18.4 Å². The maximum Gasteiger partial charge on any atom is 0.280 e. The molecule has 5 rings (SSSR count). The molecule has 0 spiro atoms. The lowest BCUT2D eigenvalue weighted by atomic mass is 10.0. The Kier molecular flexibility index (Phi) is 4.54. The molecule has 158 valence electrons. The van der Waals surface area contributed by atoms with Gasteiger partial charge in [-0.05, 0) is 42.5 Å². The van der Waals surface area contributed by atoms with Crippen LogP contribution in [0.3, 0.4) is 0 Å². The number of thiophene rings is 1. The van der Waals surface area contributed by atoms with E-state index < -0.39 is 18.2 Å². The van der Waals surface area contributed by atoms with Crippen LogP contribution >= 0.6 is 11.3 Å². The largest absolute Gasteiger partial charge is 0.463 e. The first-order valence-electron chi connectivity index (χ1n) is 9.38. The number of amides is 2. The third-order valence-corrected chi connectivity index (χ3v) is 6.11. The van der Waals surface area contributed by atoms with Crippen LogP contribution in [0.4, 0.5) is 14.5 Å². The predicted octanol–water partition coefficient (Wildman–Crippen LogP) is 4.45. The standard InChI is InChI=1S/C20H15F2N5O3S/c21-17(22)11-6-9(8-3-4-8)14-15(16(18(23)28)31-20(14)24-11)25-19(29)12-7-10(26-27-12)13-2-1-5-30-13/h1-2,5-8,17H,3-4H2,(H2,23,28)(H,25,29)(H,26,27). The number of pyridine rings is 1. The number of carbonyl (C=O) groups is 2. The molecular formula is C20H15F2N5O3S. The first kappa shape index (κ1) is 19.4. The molecule has 4 aromatic rings. The van der Waals surface area contributed by atoms with Crippen molar-refractivity contribution < 1.29 is 22.8 Å². The van der Waals surface area contributed by atoms with Gasteiger partial charge in [0, 0.05) is 11.5 Å². The third-order valence-electron chi connectivity index (χ3n) is 5.01. The number of fused-ring (bicyclic) bond motifs is 1. The Morgan fingerprint density at radius 2 is 2.13 bits per heavy atom. The molecular weight excluding hydrogens is 428 g/mol. The second-order valence-corrected chi connectivity index (χ2v) is 8.16. The summed E-state index contributed by atoms with van der Waals surface area (Å²) >= 11 is 0.886. The Bertz CT molecular complexity index is 1310. The van der Waals surface area contributed by atoms with Gasteiger partial charge in [0.2, 0.25) is 0 Å². The van der Waals surface area contributed by atoms with Gasteiger partial charge in [-0.15, -0.1) is 11.3 Å². The average Bonchev–Trinajstić information content (AvgIpc) is 3.13. The number of hydrogen-bond donors (Lipinski definition) is 3. The summed E-state index contributed by atoms with van der Waals surface area (Å²) in [5.41, 5.74) is 6.53. The molecule has 8 nitrogen and oxygen atoms in total. The fourth-order valence-electron chi connectivity index (χ4n) is 3.44. The van der Waals surface area contributed by atoms with E-state index in [4.69, 9.17) is 10.2 Å². The summed E-state index contributed by atoms with van der Waals surface area (Å²) in [6.07, 6.45) is 0.418. The highest BCUT2D eigenvalue weighted by atomic mass is 32.1. The zero-order chi connectivity index (χ0) is 21.7. The molecule has 0 saturated heterocycles. The maximum atomic E-state index is 13.3. The molecule has 11 heteroatoms. The van der Waals surface area contributed by atoms with Crippen molar-refractivity contribution in [1.82, 2.24) is 15.2 Å². The molecule has 1 aliphatic carbocycles. The molecule has 0 aliphatic heterocycles. The Morgan fingerprint density at radius 1 is 1.32 bits per heavy atom. The highest BCUT2D eigenvalue weighted by Crippen LogP contribution is 2.48. The molecule has 4 heterocycles. The van der Waals surface area contributed by atoms with Crippen LogP contribution in [-0.2, 0) is 0 Å². The van der Waals surface area contributed by atoms with Crippen molar-refractivity contribution in [3.05, 3.63) is 52.4 Å². The molecule has 1 saturated carbocycles. The number of hydrogen-bond acceptors (Lipinski definition) is 6. The molecule has 4 N–H and O–H groups in total. The number of anilines is 1. The number of aromatic amines is 1. The van der Waals surface area contributed by atoms with E-state index in [1.54, 1.807) is 12.1 Å². The monoisotopic (exact) mass is 443 g/mol. The van der Waals surface area contributed by atoms with Gasteiger partial charge in [0.1, 0.15) is 21.1 Å². The van der Waals surface area contributed by atoms with Gasteiger partial charge in [0.05, 0.1) is 12.0 Å². The lowest BCUT2D eigenvalue weighted by molar-refractivity contribution is 0.100. The second-order valence-electron chi connectivity index (χ2n) is 7.16. The zero-order valence-corrected chi connectivity index (χ0v) is 16.6.